The van der Waals surface area contributed by atoms with Crippen LogP contribution in [0.15, 0.2) is 18.2 Å². The molecule has 2 N–H and O–H groups in total. The van der Waals surface area contributed by atoms with Crippen molar-refractivity contribution in [2.24, 2.45) is 0 Å². The van der Waals surface area contributed by atoms with E-state index in [1.807, 2.05) is 18.2 Å². The van der Waals surface area contributed by atoms with Crippen LogP contribution in [0.2, 0.25) is 0 Å². The van der Waals surface area contributed by atoms with Crippen LogP contribution in [0.3, 0.4) is 0 Å². The lowest BCUT2D eigenvalue weighted by atomic mass is 10.1. The highest BCUT2D eigenvalue weighted by atomic mass is 16.5. The number of carbonyl (C=O) groups is 1. The van der Waals surface area contributed by atoms with Gasteiger partial charge in [-0.05, 0) is 25.0 Å². The molecule has 5 nitrogen and oxygen atoms in total. The van der Waals surface area contributed by atoms with Gasteiger partial charge in [-0.1, -0.05) is 25.7 Å². The third-order valence-electron chi connectivity index (χ3n) is 4.29. The van der Waals surface area contributed by atoms with Crippen LogP contribution < -0.4 is 20.1 Å². The van der Waals surface area contributed by atoms with Crippen molar-refractivity contribution in [3.8, 4) is 11.5 Å². The predicted octanol–water partition coefficient (Wildman–Crippen LogP) is 3.34. The van der Waals surface area contributed by atoms with Crippen molar-refractivity contribution < 1.29 is 14.3 Å². The maximum absolute atomic E-state index is 12.1. The molecule has 0 aromatic heterocycles. The smallest absolute Gasteiger partial charge is 0.221 e. The molecule has 5 heteroatoms. The molecule has 1 aromatic carbocycles. The van der Waals surface area contributed by atoms with Crippen LogP contribution in [-0.4, -0.2) is 32.7 Å². The average molecular weight is 320 g/mol. The van der Waals surface area contributed by atoms with Crippen LogP contribution in [0.4, 0.5) is 5.69 Å². The van der Waals surface area contributed by atoms with E-state index in [0.717, 1.165) is 30.0 Å². The van der Waals surface area contributed by atoms with Crippen molar-refractivity contribution in [2.45, 2.75) is 51.0 Å². The molecule has 0 spiro atoms. The van der Waals surface area contributed by atoms with E-state index in [1.165, 1.54) is 25.7 Å². The fourth-order valence-electron chi connectivity index (χ4n) is 2.99. The molecule has 23 heavy (non-hydrogen) atoms. The summed E-state index contributed by atoms with van der Waals surface area (Å²) in [5.74, 6) is 1.62. The van der Waals surface area contributed by atoms with Gasteiger partial charge < -0.3 is 20.1 Å². The molecule has 1 aliphatic rings. The molecule has 0 unspecified atom stereocenters. The zero-order chi connectivity index (χ0) is 16.5. The summed E-state index contributed by atoms with van der Waals surface area (Å²) >= 11 is 0. The lowest BCUT2D eigenvalue weighted by Crippen LogP contribution is -2.35. The minimum atomic E-state index is 0.117. The van der Waals surface area contributed by atoms with Gasteiger partial charge in [0.05, 0.1) is 19.9 Å². The van der Waals surface area contributed by atoms with E-state index in [4.69, 9.17) is 9.47 Å². The van der Waals surface area contributed by atoms with E-state index >= 15 is 0 Å². The maximum atomic E-state index is 12.1. The van der Waals surface area contributed by atoms with Crippen LogP contribution in [0.5, 0.6) is 11.5 Å². The Morgan fingerprint density at radius 2 is 1.87 bits per heavy atom. The Morgan fingerprint density at radius 3 is 2.52 bits per heavy atom. The van der Waals surface area contributed by atoms with Crippen molar-refractivity contribution in [3.05, 3.63) is 18.2 Å². The molecule has 0 radical (unpaired) electrons. The average Bonchev–Trinajstić information content (AvgIpc) is 2.83. The van der Waals surface area contributed by atoms with Crippen LogP contribution in [0.1, 0.15) is 44.9 Å². The zero-order valence-electron chi connectivity index (χ0n) is 14.2. The first-order chi connectivity index (χ1) is 11.2. The summed E-state index contributed by atoms with van der Waals surface area (Å²) in [6, 6.07) is 5.94. The van der Waals surface area contributed by atoms with Gasteiger partial charge in [0.15, 0.2) is 0 Å². The van der Waals surface area contributed by atoms with Crippen LogP contribution in [0, 0.1) is 0 Å². The van der Waals surface area contributed by atoms with Crippen molar-refractivity contribution in [2.75, 3.05) is 26.1 Å². The van der Waals surface area contributed by atoms with E-state index < -0.39 is 0 Å². The molecule has 1 fully saturated rings. The van der Waals surface area contributed by atoms with Crippen molar-refractivity contribution >= 4 is 11.6 Å². The van der Waals surface area contributed by atoms with Crippen molar-refractivity contribution in [3.63, 3.8) is 0 Å². The van der Waals surface area contributed by atoms with Gasteiger partial charge in [-0.15, -0.1) is 0 Å². The monoisotopic (exact) mass is 320 g/mol. The first kappa shape index (κ1) is 17.4. The Kier molecular flexibility index (Phi) is 7.04. The highest BCUT2D eigenvalue weighted by Gasteiger charge is 2.14. The molecule has 0 saturated heterocycles. The van der Waals surface area contributed by atoms with Gasteiger partial charge in [0.1, 0.15) is 11.5 Å². The first-order valence-corrected chi connectivity index (χ1v) is 8.48. The molecule has 1 aliphatic carbocycles. The number of nitrogens with one attached hydrogen (secondary N) is 2. The van der Waals surface area contributed by atoms with E-state index in [9.17, 15) is 4.79 Å². The van der Waals surface area contributed by atoms with E-state index in [1.54, 1.807) is 14.2 Å². The Bertz CT molecular complexity index is 497. The molecule has 2 rings (SSSR count). The van der Waals surface area contributed by atoms with Gasteiger partial charge >= 0.3 is 0 Å². The Hall–Kier alpha value is -1.91. The summed E-state index contributed by atoms with van der Waals surface area (Å²) in [6.07, 6.45) is 7.73. The number of hydrogen-bond acceptors (Lipinski definition) is 4. The number of hydrogen-bond donors (Lipinski definition) is 2. The zero-order valence-corrected chi connectivity index (χ0v) is 14.2. The van der Waals surface area contributed by atoms with Crippen LogP contribution in [0.25, 0.3) is 0 Å². The van der Waals surface area contributed by atoms with Gasteiger partial charge in [0, 0.05) is 25.1 Å². The van der Waals surface area contributed by atoms with E-state index in [-0.39, 0.29) is 5.91 Å². The second-order valence-corrected chi connectivity index (χ2v) is 6.00. The third-order valence-corrected chi connectivity index (χ3v) is 4.29. The van der Waals surface area contributed by atoms with Gasteiger partial charge in [0.2, 0.25) is 5.91 Å². The Labute approximate surface area is 138 Å². The lowest BCUT2D eigenvalue weighted by Gasteiger charge is -2.17. The van der Waals surface area contributed by atoms with E-state index in [0.29, 0.717) is 19.0 Å². The largest absolute Gasteiger partial charge is 0.497 e. The SMILES string of the molecule is COc1ccc(OC)c(NCCC(=O)NC2CCCCCC2)c1. The first-order valence-electron chi connectivity index (χ1n) is 8.48. The van der Waals surface area contributed by atoms with Crippen LogP contribution >= 0.6 is 0 Å². The molecule has 0 aliphatic heterocycles. The third kappa shape index (κ3) is 5.66. The number of benzene rings is 1. The fourth-order valence-corrected chi connectivity index (χ4v) is 2.99. The molecular weight excluding hydrogens is 292 g/mol. The summed E-state index contributed by atoms with van der Waals surface area (Å²) in [4.78, 5) is 12.1. The number of methoxy groups -OCH3 is 2. The number of amides is 1. The Balaban J connectivity index is 1.78. The van der Waals surface area contributed by atoms with Crippen LogP contribution in [-0.2, 0) is 4.79 Å². The molecule has 1 amide bonds. The molecule has 1 aromatic rings. The number of anilines is 1. The summed E-state index contributed by atoms with van der Waals surface area (Å²) in [5.41, 5.74) is 0.842. The van der Waals surface area contributed by atoms with Gasteiger partial charge in [-0.2, -0.15) is 0 Å². The molecule has 128 valence electrons. The lowest BCUT2D eigenvalue weighted by molar-refractivity contribution is -0.121. The van der Waals surface area contributed by atoms with Gasteiger partial charge in [0.25, 0.3) is 0 Å². The van der Waals surface area contributed by atoms with E-state index in [2.05, 4.69) is 10.6 Å². The van der Waals surface area contributed by atoms with Crippen molar-refractivity contribution in [1.29, 1.82) is 0 Å². The number of rotatable bonds is 7. The molecule has 0 bridgehead atoms. The standard InChI is InChI=1S/C18H28N2O3/c1-22-15-9-10-17(23-2)16(13-15)19-12-11-18(21)20-14-7-5-3-4-6-8-14/h9-10,13-14,19H,3-8,11-12H2,1-2H3,(H,20,21). The quantitative estimate of drug-likeness (QED) is 0.757. The second-order valence-electron chi connectivity index (χ2n) is 6.00. The Morgan fingerprint density at radius 1 is 1.13 bits per heavy atom. The predicted molar refractivity (Wildman–Crippen MR) is 92.3 cm³/mol. The molecule has 0 heterocycles. The summed E-state index contributed by atoms with van der Waals surface area (Å²) in [5, 5.41) is 6.41. The topological polar surface area (TPSA) is 59.6 Å². The molecule has 1 saturated carbocycles. The number of ether oxygens (including phenoxy) is 2. The highest BCUT2D eigenvalue weighted by Crippen LogP contribution is 2.28. The summed E-state index contributed by atoms with van der Waals surface area (Å²) in [6.45, 7) is 0.572. The molecule has 0 atom stereocenters. The molecular formula is C18H28N2O3. The number of carbonyl (C=O) groups excluding carboxylic acids is 1. The summed E-state index contributed by atoms with van der Waals surface area (Å²) < 4.78 is 10.5. The fraction of sp³-hybridized carbons (Fsp3) is 0.611. The minimum Gasteiger partial charge on any atom is -0.497 e. The van der Waals surface area contributed by atoms with Crippen molar-refractivity contribution in [1.82, 2.24) is 5.32 Å². The van der Waals surface area contributed by atoms with Gasteiger partial charge in [-0.25, -0.2) is 0 Å². The minimum absolute atomic E-state index is 0.117. The van der Waals surface area contributed by atoms with Gasteiger partial charge in [-0.3, -0.25) is 4.79 Å². The summed E-state index contributed by atoms with van der Waals surface area (Å²) in [7, 11) is 3.26. The maximum Gasteiger partial charge on any atom is 0.221 e. The highest BCUT2D eigenvalue weighted by molar-refractivity contribution is 5.77. The second kappa shape index (κ2) is 9.28. The normalized spacial score (nSPS) is 15.6.